The summed E-state index contributed by atoms with van der Waals surface area (Å²) in [6, 6.07) is 0. The molecule has 1 nitrogen and oxygen atoms in total. The number of hydrogen-bond acceptors (Lipinski definition) is 0. The van der Waals surface area contributed by atoms with E-state index in [1.54, 1.807) is 7.11 Å². The van der Waals surface area contributed by atoms with E-state index in [9.17, 15) is 0 Å². The second kappa shape index (κ2) is 2.47. The van der Waals surface area contributed by atoms with Crippen molar-refractivity contribution < 1.29 is 4.42 Å². The molecule has 0 aromatic carbocycles. The molecule has 0 aromatic rings. The first-order chi connectivity index (χ1) is 5.33. The summed E-state index contributed by atoms with van der Waals surface area (Å²) in [5.74, 6) is 2.81. The van der Waals surface area contributed by atoms with Crippen LogP contribution >= 0.6 is 0 Å². The van der Waals surface area contributed by atoms with E-state index >= 15 is 0 Å². The zero-order valence-corrected chi connectivity index (χ0v) is 7.08. The fraction of sp³-hybridized carbons (Fsp3) is 0.700. The van der Waals surface area contributed by atoms with Gasteiger partial charge in [0.05, 0.1) is 0 Å². The summed E-state index contributed by atoms with van der Waals surface area (Å²) < 4.78 is 4.96. The normalized spacial score (nSPS) is 47.8. The van der Waals surface area contributed by atoms with Gasteiger partial charge in [0, 0.05) is 0 Å². The topological polar surface area (TPSA) is 11.3 Å². The average Bonchev–Trinajstić information content (AvgIpc) is 2.54. The largest absolute Gasteiger partial charge is 0.459 e. The van der Waals surface area contributed by atoms with E-state index in [-0.39, 0.29) is 0 Å². The molecule has 0 aliphatic heterocycles. The summed E-state index contributed by atoms with van der Waals surface area (Å²) >= 11 is 0. The van der Waals surface area contributed by atoms with Gasteiger partial charge in [0.25, 0.3) is 0 Å². The third-order valence-electron chi connectivity index (χ3n) is 3.11. The van der Waals surface area contributed by atoms with E-state index in [0.717, 1.165) is 17.8 Å². The summed E-state index contributed by atoms with van der Waals surface area (Å²) in [7, 11) is 1.70. The first-order valence-electron chi connectivity index (χ1n) is 4.29. The lowest BCUT2D eigenvalue weighted by Gasteiger charge is -2.23. The van der Waals surface area contributed by atoms with Crippen molar-refractivity contribution in [2.45, 2.75) is 13.3 Å². The van der Waals surface area contributed by atoms with E-state index < -0.39 is 0 Å². The number of allylic oxidation sites excluding steroid dienone is 2. The molecule has 0 saturated heterocycles. The third-order valence-corrected chi connectivity index (χ3v) is 3.11. The second-order valence-corrected chi connectivity index (χ2v) is 3.66. The van der Waals surface area contributed by atoms with Crippen LogP contribution in [0.15, 0.2) is 12.2 Å². The van der Waals surface area contributed by atoms with Crippen molar-refractivity contribution in [1.29, 1.82) is 0 Å². The van der Waals surface area contributed by atoms with Crippen LogP contribution in [-0.2, 0) is 4.42 Å². The Balaban J connectivity index is 2.18. The van der Waals surface area contributed by atoms with E-state index in [1.807, 2.05) is 0 Å². The second-order valence-electron chi connectivity index (χ2n) is 3.66. The predicted molar refractivity (Wildman–Crippen MR) is 45.0 cm³/mol. The van der Waals surface area contributed by atoms with Crippen LogP contribution in [0, 0.1) is 23.7 Å². The summed E-state index contributed by atoms with van der Waals surface area (Å²) in [4.78, 5) is 0. The van der Waals surface area contributed by atoms with Gasteiger partial charge in [0.15, 0.2) is 0 Å². The molecular weight excluding hydrogens is 136 g/mol. The minimum atomic E-state index is 0.551. The molecule has 0 N–H and O–H groups in total. The molecule has 2 bridgehead atoms. The third kappa shape index (κ3) is 0.943. The standard InChI is InChI=1S/C10H14O/c1-7-8-3-4-9(5-8)10(7)6-11-2/h3-4,7-10H,5H2,1-2H3/t7-,8+,9-,10+/m1/s1. The molecule has 0 radical (unpaired) electrons. The number of fused-ring (bicyclic) bond motifs is 2. The Hall–Kier alpha value is -0.590. The van der Waals surface area contributed by atoms with E-state index in [4.69, 9.17) is 4.42 Å². The van der Waals surface area contributed by atoms with Crippen LogP contribution in [0.3, 0.4) is 0 Å². The summed E-state index contributed by atoms with van der Waals surface area (Å²) in [5, 5.41) is 0. The summed E-state index contributed by atoms with van der Waals surface area (Å²) in [6.07, 6.45) is 9.07. The Bertz CT molecular complexity index is 205. The minimum Gasteiger partial charge on any atom is -0.459 e. The Kier molecular flexibility index (Phi) is 1.59. The Morgan fingerprint density at radius 2 is 2.09 bits per heavy atom. The molecule has 2 aliphatic carbocycles. The first-order valence-corrected chi connectivity index (χ1v) is 4.29. The van der Waals surface area contributed by atoms with Crippen molar-refractivity contribution in [3.63, 3.8) is 0 Å². The molecule has 0 aromatic heterocycles. The van der Waals surface area contributed by atoms with Gasteiger partial charge in [0.1, 0.15) is 0 Å². The van der Waals surface area contributed by atoms with Crippen LogP contribution in [0.4, 0.5) is 0 Å². The molecule has 2 rings (SSSR count). The van der Waals surface area contributed by atoms with Gasteiger partial charge in [-0.2, -0.15) is 0 Å². The number of carbonyl (C=O) groups excluding carboxylic acids is 1. The molecule has 0 spiro atoms. The van der Waals surface area contributed by atoms with Crippen molar-refractivity contribution in [3.8, 4) is 0 Å². The molecular formula is C10H14O. The summed E-state index contributed by atoms with van der Waals surface area (Å²) in [6.45, 7) is 2.30. The molecule has 4 atom stereocenters. The van der Waals surface area contributed by atoms with Crippen LogP contribution in [0.25, 0.3) is 0 Å². The maximum atomic E-state index is 4.96. The lowest BCUT2D eigenvalue weighted by atomic mass is 9.86. The Morgan fingerprint density at radius 3 is 2.64 bits per heavy atom. The van der Waals surface area contributed by atoms with Gasteiger partial charge in [-0.1, -0.05) is 30.9 Å². The lowest BCUT2D eigenvalue weighted by molar-refractivity contribution is 0.168. The monoisotopic (exact) mass is 150 g/mol. The van der Waals surface area contributed by atoms with Gasteiger partial charge < -0.3 is 4.42 Å². The van der Waals surface area contributed by atoms with Crippen LogP contribution in [0.1, 0.15) is 13.3 Å². The molecule has 0 unspecified atom stereocenters. The fourth-order valence-electron chi connectivity index (χ4n) is 2.40. The van der Waals surface area contributed by atoms with Crippen molar-refractivity contribution in [2.75, 3.05) is 7.11 Å². The van der Waals surface area contributed by atoms with Crippen LogP contribution in [0.5, 0.6) is 0 Å². The Morgan fingerprint density at radius 1 is 1.36 bits per heavy atom. The van der Waals surface area contributed by atoms with Crippen LogP contribution < -0.4 is 0 Å². The maximum Gasteiger partial charge on any atom is 0.208 e. The van der Waals surface area contributed by atoms with Gasteiger partial charge in [0.2, 0.25) is 7.11 Å². The highest BCUT2D eigenvalue weighted by Gasteiger charge is 2.37. The molecule has 0 heterocycles. The van der Waals surface area contributed by atoms with Gasteiger partial charge >= 0.3 is 0 Å². The maximum absolute atomic E-state index is 4.96. The van der Waals surface area contributed by atoms with E-state index in [0.29, 0.717) is 5.92 Å². The van der Waals surface area contributed by atoms with E-state index in [2.05, 4.69) is 25.4 Å². The molecule has 2 aliphatic rings. The van der Waals surface area contributed by atoms with Gasteiger partial charge in [-0.3, -0.25) is 0 Å². The van der Waals surface area contributed by atoms with Crippen molar-refractivity contribution in [2.24, 2.45) is 23.7 Å². The molecule has 11 heavy (non-hydrogen) atoms. The molecule has 60 valence electrons. The molecule has 0 amide bonds. The highest BCUT2D eigenvalue weighted by atomic mass is 16.4. The smallest absolute Gasteiger partial charge is 0.208 e. The average molecular weight is 150 g/mol. The highest BCUT2D eigenvalue weighted by molar-refractivity contribution is 5.58. The molecule has 1 fully saturated rings. The van der Waals surface area contributed by atoms with Gasteiger partial charge in [-0.05, 0) is 24.5 Å². The van der Waals surface area contributed by atoms with Gasteiger partial charge in [-0.15, -0.1) is 0 Å². The fourth-order valence-corrected chi connectivity index (χ4v) is 2.40. The van der Waals surface area contributed by atoms with Crippen LogP contribution in [-0.4, -0.2) is 13.4 Å². The van der Waals surface area contributed by atoms with Crippen molar-refractivity contribution >= 4 is 6.29 Å². The van der Waals surface area contributed by atoms with Crippen molar-refractivity contribution in [3.05, 3.63) is 12.2 Å². The predicted octanol–water partition coefficient (Wildman–Crippen LogP) is 1.72. The molecule has 1 saturated carbocycles. The van der Waals surface area contributed by atoms with E-state index in [1.165, 1.54) is 6.42 Å². The highest BCUT2D eigenvalue weighted by Crippen LogP contribution is 2.46. The first kappa shape index (κ1) is 7.08. The Labute approximate surface area is 67.8 Å². The van der Waals surface area contributed by atoms with Gasteiger partial charge in [-0.25, -0.2) is 0 Å². The molecule has 1 heteroatoms. The quantitative estimate of drug-likeness (QED) is 0.306. The zero-order valence-electron chi connectivity index (χ0n) is 7.08. The lowest BCUT2D eigenvalue weighted by Crippen LogP contribution is -2.18. The van der Waals surface area contributed by atoms with Crippen LogP contribution in [0.2, 0.25) is 0 Å². The summed E-state index contributed by atoms with van der Waals surface area (Å²) in [5.41, 5.74) is 0. The number of rotatable bonds is 1. The number of hydrogen-bond donors (Lipinski definition) is 0. The SMILES string of the molecule is C[O+]=[C-][C@H]1[C@H](C)[C@H]2C=C[C@@H]1C2. The van der Waals surface area contributed by atoms with Crippen molar-refractivity contribution in [1.82, 2.24) is 0 Å². The minimum absolute atomic E-state index is 0.551. The zero-order chi connectivity index (χ0) is 7.84.